The van der Waals surface area contributed by atoms with Crippen molar-refractivity contribution in [2.75, 3.05) is 19.0 Å². The minimum Gasteiger partial charge on any atom is -0.468 e. The fourth-order valence-electron chi connectivity index (χ4n) is 1.23. The van der Waals surface area contributed by atoms with Gasteiger partial charge in [0.15, 0.2) is 0 Å². The van der Waals surface area contributed by atoms with Gasteiger partial charge in [0, 0.05) is 6.54 Å². The summed E-state index contributed by atoms with van der Waals surface area (Å²) < 4.78 is 41.2. The van der Waals surface area contributed by atoms with Crippen molar-refractivity contribution < 1.29 is 22.7 Å². The Labute approximate surface area is 120 Å². The van der Waals surface area contributed by atoms with E-state index in [9.17, 15) is 22.8 Å². The summed E-state index contributed by atoms with van der Waals surface area (Å²) in [4.78, 5) is 22.8. The Bertz CT molecular complexity index is 545. The number of halogens is 4. The molecule has 0 spiro atoms. The van der Waals surface area contributed by atoms with Gasteiger partial charge in [0.25, 0.3) is 5.56 Å². The third-order valence-corrected chi connectivity index (χ3v) is 2.98. The Kier molecular flexibility index (Phi) is 5.54. The number of nitrogens with zero attached hydrogens (tertiary/aromatic N) is 2. The molecular weight excluding hydrogens is 347 g/mol. The molecule has 0 fully saturated rings. The number of aromatic nitrogens is 2. The smallest absolute Gasteiger partial charge is 0.390 e. The van der Waals surface area contributed by atoms with Gasteiger partial charge in [0.05, 0.1) is 25.4 Å². The number of hydrogen-bond donors (Lipinski definition) is 1. The summed E-state index contributed by atoms with van der Waals surface area (Å²) in [5.41, 5.74) is -0.521. The molecule has 0 aromatic carbocycles. The Morgan fingerprint density at radius 2 is 2.20 bits per heavy atom. The van der Waals surface area contributed by atoms with Gasteiger partial charge in [-0.1, -0.05) is 0 Å². The van der Waals surface area contributed by atoms with E-state index < -0.39 is 24.1 Å². The minimum atomic E-state index is -4.28. The predicted octanol–water partition coefficient (Wildman–Crippen LogP) is 1.54. The molecule has 112 valence electrons. The maximum absolute atomic E-state index is 12.0. The second kappa shape index (κ2) is 6.73. The maximum Gasteiger partial charge on any atom is 0.390 e. The molecule has 1 aromatic heterocycles. The van der Waals surface area contributed by atoms with E-state index in [1.54, 1.807) is 0 Å². The summed E-state index contributed by atoms with van der Waals surface area (Å²) in [5.74, 6) is -0.663. The third-order valence-electron chi connectivity index (χ3n) is 2.22. The summed E-state index contributed by atoms with van der Waals surface area (Å²) >= 11 is 2.95. The average molecular weight is 358 g/mol. The highest BCUT2D eigenvalue weighted by Crippen LogP contribution is 2.21. The van der Waals surface area contributed by atoms with Crippen molar-refractivity contribution in [2.45, 2.75) is 19.1 Å². The Balaban J connectivity index is 2.79. The first kappa shape index (κ1) is 16.5. The van der Waals surface area contributed by atoms with E-state index in [2.05, 4.69) is 31.1 Å². The number of anilines is 1. The average Bonchev–Trinajstić information content (AvgIpc) is 2.36. The molecule has 0 bridgehead atoms. The van der Waals surface area contributed by atoms with Crippen molar-refractivity contribution in [3.8, 4) is 0 Å². The van der Waals surface area contributed by atoms with Crippen LogP contribution in [-0.2, 0) is 16.1 Å². The van der Waals surface area contributed by atoms with Crippen molar-refractivity contribution in [1.29, 1.82) is 0 Å². The second-order valence-corrected chi connectivity index (χ2v) is 4.50. The molecule has 1 rings (SSSR count). The first-order valence-electron chi connectivity index (χ1n) is 5.37. The van der Waals surface area contributed by atoms with E-state index in [1.165, 1.54) is 0 Å². The molecule has 20 heavy (non-hydrogen) atoms. The molecule has 10 heteroatoms. The molecule has 0 saturated heterocycles. The highest BCUT2D eigenvalue weighted by molar-refractivity contribution is 9.10. The van der Waals surface area contributed by atoms with Gasteiger partial charge in [-0.25, -0.2) is 4.68 Å². The molecule has 0 radical (unpaired) electrons. The lowest BCUT2D eigenvalue weighted by Gasteiger charge is -2.11. The Morgan fingerprint density at radius 1 is 1.55 bits per heavy atom. The summed E-state index contributed by atoms with van der Waals surface area (Å²) in [6.45, 7) is -0.763. The van der Waals surface area contributed by atoms with E-state index in [-0.39, 0.29) is 23.2 Å². The lowest BCUT2D eigenvalue weighted by atomic mass is 10.4. The van der Waals surface area contributed by atoms with Crippen molar-refractivity contribution in [2.24, 2.45) is 0 Å². The Hall–Kier alpha value is -1.58. The monoisotopic (exact) mass is 357 g/mol. The fraction of sp³-hybridized carbons (Fsp3) is 0.500. The van der Waals surface area contributed by atoms with Crippen LogP contribution < -0.4 is 10.9 Å². The van der Waals surface area contributed by atoms with Crippen LogP contribution in [0.15, 0.2) is 15.5 Å². The molecule has 6 nitrogen and oxygen atoms in total. The number of esters is 1. The molecule has 1 aromatic rings. The number of hydrogen-bond acceptors (Lipinski definition) is 5. The normalized spacial score (nSPS) is 11.2. The zero-order valence-electron chi connectivity index (χ0n) is 10.3. The molecular formula is C10H11BrF3N3O3. The van der Waals surface area contributed by atoms with E-state index in [1.807, 2.05) is 0 Å². The van der Waals surface area contributed by atoms with E-state index >= 15 is 0 Å². The topological polar surface area (TPSA) is 73.2 Å². The number of nitrogens with one attached hydrogen (secondary N) is 1. The molecule has 0 amide bonds. The fourth-order valence-corrected chi connectivity index (χ4v) is 1.67. The summed E-state index contributed by atoms with van der Waals surface area (Å²) in [6, 6.07) is 0. The van der Waals surface area contributed by atoms with Crippen molar-refractivity contribution >= 4 is 27.6 Å². The summed E-state index contributed by atoms with van der Waals surface area (Å²) in [5, 5.41) is 6.12. The van der Waals surface area contributed by atoms with Crippen LogP contribution in [0.2, 0.25) is 0 Å². The van der Waals surface area contributed by atoms with Crippen LogP contribution >= 0.6 is 15.9 Å². The van der Waals surface area contributed by atoms with Crippen LogP contribution in [0.5, 0.6) is 0 Å². The molecule has 1 heterocycles. The first-order chi connectivity index (χ1) is 9.24. The second-order valence-electron chi connectivity index (χ2n) is 3.70. The van der Waals surface area contributed by atoms with E-state index in [4.69, 9.17) is 0 Å². The number of ether oxygens (including phenoxy) is 1. The van der Waals surface area contributed by atoms with E-state index in [0.717, 1.165) is 18.0 Å². The van der Waals surface area contributed by atoms with Gasteiger partial charge in [-0.3, -0.25) is 9.59 Å². The number of carbonyl (C=O) groups is 1. The molecule has 1 N–H and O–H groups in total. The zero-order valence-corrected chi connectivity index (χ0v) is 11.9. The van der Waals surface area contributed by atoms with Crippen LogP contribution in [0.1, 0.15) is 6.42 Å². The molecule has 0 atom stereocenters. The van der Waals surface area contributed by atoms with Gasteiger partial charge in [-0.15, -0.1) is 0 Å². The van der Waals surface area contributed by atoms with Gasteiger partial charge < -0.3 is 10.1 Å². The van der Waals surface area contributed by atoms with Crippen LogP contribution in [0.4, 0.5) is 18.9 Å². The zero-order chi connectivity index (χ0) is 15.3. The van der Waals surface area contributed by atoms with Gasteiger partial charge in [0.2, 0.25) is 0 Å². The van der Waals surface area contributed by atoms with Gasteiger partial charge >= 0.3 is 12.1 Å². The molecule has 0 aliphatic rings. The quantitative estimate of drug-likeness (QED) is 0.809. The van der Waals surface area contributed by atoms with Crippen LogP contribution in [0.25, 0.3) is 0 Å². The number of methoxy groups -OCH3 is 1. The highest BCUT2D eigenvalue weighted by Gasteiger charge is 2.26. The molecule has 0 aliphatic carbocycles. The van der Waals surface area contributed by atoms with Crippen LogP contribution in [-0.4, -0.2) is 35.6 Å². The molecule has 0 saturated carbocycles. The Morgan fingerprint density at radius 3 is 2.75 bits per heavy atom. The van der Waals surface area contributed by atoms with Crippen molar-refractivity contribution in [3.63, 3.8) is 0 Å². The third kappa shape index (κ3) is 4.83. The van der Waals surface area contributed by atoms with Crippen molar-refractivity contribution in [1.82, 2.24) is 9.78 Å². The van der Waals surface area contributed by atoms with Gasteiger partial charge in [0.1, 0.15) is 11.0 Å². The molecule has 0 unspecified atom stereocenters. The SMILES string of the molecule is COC(=O)Cn1ncc(NCCC(F)(F)F)c(Br)c1=O. The highest BCUT2D eigenvalue weighted by atomic mass is 79.9. The predicted molar refractivity (Wildman–Crippen MR) is 67.4 cm³/mol. The molecule has 0 aliphatic heterocycles. The van der Waals surface area contributed by atoms with Gasteiger partial charge in [-0.2, -0.15) is 18.3 Å². The summed E-state index contributed by atoms with van der Waals surface area (Å²) in [6.07, 6.45) is -4.16. The van der Waals surface area contributed by atoms with E-state index in [0.29, 0.717) is 0 Å². The number of rotatable bonds is 5. The first-order valence-corrected chi connectivity index (χ1v) is 6.17. The number of alkyl halides is 3. The standard InChI is InChI=1S/C10H11BrF3N3O3/c1-20-7(18)5-17-9(19)8(11)6(4-16-17)15-3-2-10(12,13)14/h4,15H,2-3,5H2,1H3. The largest absolute Gasteiger partial charge is 0.468 e. The van der Waals surface area contributed by atoms with Crippen molar-refractivity contribution in [3.05, 3.63) is 21.0 Å². The van der Waals surface area contributed by atoms with Crippen LogP contribution in [0.3, 0.4) is 0 Å². The maximum atomic E-state index is 12.0. The minimum absolute atomic E-state index is 0.00132. The summed E-state index contributed by atoms with van der Waals surface area (Å²) in [7, 11) is 1.16. The lowest BCUT2D eigenvalue weighted by molar-refractivity contribution is -0.141. The van der Waals surface area contributed by atoms with Crippen LogP contribution in [0, 0.1) is 0 Å². The van der Waals surface area contributed by atoms with Gasteiger partial charge in [-0.05, 0) is 15.9 Å². The number of carbonyl (C=O) groups excluding carboxylic acids is 1. The lowest BCUT2D eigenvalue weighted by Crippen LogP contribution is -2.28.